The molecule has 41 heavy (non-hydrogen) atoms. The van der Waals surface area contributed by atoms with Crippen molar-refractivity contribution in [2.75, 3.05) is 20.3 Å². The smallest absolute Gasteiger partial charge is 0.468 e. The second-order valence-corrected chi connectivity index (χ2v) is 10.9. The number of hydrogen-bond acceptors (Lipinski definition) is 10. The standard InChI is InChI=1S/C31H49NO9/c1-9-11-21(5)28(33)40-26-14-13-24(18-27(26)41-29(34)22(6)12-10-2)17-25(30(35)37-8)32-19-23(7)39-31(36)38-16-15-20(3)4/h13-14,18,20-23,25,32H,9-12,15-17,19H2,1-8H3/t21?,22?,23?,25-/m0/s1. The number of nitrogens with one attached hydrogen (secondary N) is 1. The van der Waals surface area contributed by atoms with E-state index in [0.29, 0.717) is 24.3 Å². The van der Waals surface area contributed by atoms with Gasteiger partial charge in [-0.15, -0.1) is 0 Å². The Morgan fingerprint density at radius 1 is 0.805 bits per heavy atom. The molecule has 0 spiro atoms. The molecule has 0 aromatic heterocycles. The zero-order valence-electron chi connectivity index (χ0n) is 25.9. The lowest BCUT2D eigenvalue weighted by Gasteiger charge is -2.21. The van der Waals surface area contributed by atoms with Gasteiger partial charge in [-0.05, 0) is 56.2 Å². The van der Waals surface area contributed by atoms with E-state index in [1.165, 1.54) is 7.11 Å². The topological polar surface area (TPSA) is 126 Å². The van der Waals surface area contributed by atoms with Gasteiger partial charge in [0.1, 0.15) is 12.1 Å². The highest BCUT2D eigenvalue weighted by Crippen LogP contribution is 2.31. The molecule has 232 valence electrons. The summed E-state index contributed by atoms with van der Waals surface area (Å²) in [4.78, 5) is 49.8. The second-order valence-electron chi connectivity index (χ2n) is 10.9. The normalized spacial score (nSPS) is 14.0. The number of esters is 3. The van der Waals surface area contributed by atoms with Crippen LogP contribution in [0.4, 0.5) is 4.79 Å². The molecule has 0 heterocycles. The summed E-state index contributed by atoms with van der Waals surface area (Å²) in [6, 6.07) is 4.06. The van der Waals surface area contributed by atoms with Gasteiger partial charge in [-0.25, -0.2) is 4.79 Å². The quantitative estimate of drug-likeness (QED) is 0.173. The van der Waals surface area contributed by atoms with E-state index in [1.807, 2.05) is 27.7 Å². The lowest BCUT2D eigenvalue weighted by Crippen LogP contribution is -2.43. The van der Waals surface area contributed by atoms with Crippen LogP contribution in [0.2, 0.25) is 0 Å². The van der Waals surface area contributed by atoms with E-state index in [9.17, 15) is 19.2 Å². The van der Waals surface area contributed by atoms with Crippen LogP contribution < -0.4 is 14.8 Å². The second kappa shape index (κ2) is 19.1. The Morgan fingerprint density at radius 3 is 1.93 bits per heavy atom. The molecule has 0 bridgehead atoms. The minimum absolute atomic E-state index is 0.108. The monoisotopic (exact) mass is 579 g/mol. The van der Waals surface area contributed by atoms with Crippen LogP contribution in [0, 0.1) is 17.8 Å². The van der Waals surface area contributed by atoms with Gasteiger partial charge in [0.15, 0.2) is 11.5 Å². The number of carbonyl (C=O) groups excluding carboxylic acids is 4. The predicted molar refractivity (Wildman–Crippen MR) is 155 cm³/mol. The van der Waals surface area contributed by atoms with Crippen LogP contribution in [0.15, 0.2) is 18.2 Å². The van der Waals surface area contributed by atoms with Crippen molar-refractivity contribution in [3.05, 3.63) is 23.8 Å². The van der Waals surface area contributed by atoms with E-state index in [1.54, 1.807) is 39.0 Å². The van der Waals surface area contributed by atoms with E-state index in [0.717, 1.165) is 19.3 Å². The van der Waals surface area contributed by atoms with Crippen LogP contribution in [0.3, 0.4) is 0 Å². The van der Waals surface area contributed by atoms with Crippen molar-refractivity contribution in [2.45, 2.75) is 99.1 Å². The van der Waals surface area contributed by atoms with E-state index in [4.69, 9.17) is 23.7 Å². The third-order valence-electron chi connectivity index (χ3n) is 6.47. The van der Waals surface area contributed by atoms with E-state index >= 15 is 0 Å². The van der Waals surface area contributed by atoms with Crippen molar-refractivity contribution in [2.24, 2.45) is 17.8 Å². The molecule has 0 aliphatic carbocycles. The average molecular weight is 580 g/mol. The van der Waals surface area contributed by atoms with Gasteiger partial charge >= 0.3 is 24.1 Å². The van der Waals surface area contributed by atoms with Crippen LogP contribution in [-0.4, -0.2) is 56.5 Å². The molecular weight excluding hydrogens is 530 g/mol. The zero-order valence-corrected chi connectivity index (χ0v) is 25.9. The minimum atomic E-state index is -0.788. The number of methoxy groups -OCH3 is 1. The zero-order chi connectivity index (χ0) is 30.9. The van der Waals surface area contributed by atoms with Gasteiger partial charge < -0.3 is 29.0 Å². The first-order valence-corrected chi connectivity index (χ1v) is 14.6. The predicted octanol–water partition coefficient (Wildman–Crippen LogP) is 5.63. The molecule has 0 amide bonds. The van der Waals surface area contributed by atoms with Gasteiger partial charge in [0.2, 0.25) is 0 Å². The van der Waals surface area contributed by atoms with Gasteiger partial charge in [0.05, 0.1) is 25.6 Å². The molecule has 1 rings (SSSR count). The summed E-state index contributed by atoms with van der Waals surface area (Å²) in [6.07, 6.45) is 2.54. The largest absolute Gasteiger partial charge is 0.508 e. The van der Waals surface area contributed by atoms with Crippen molar-refractivity contribution in [1.82, 2.24) is 5.32 Å². The molecule has 3 unspecified atom stereocenters. The first-order chi connectivity index (χ1) is 19.4. The summed E-state index contributed by atoms with van der Waals surface area (Å²) in [5.41, 5.74) is 0.641. The molecule has 0 fully saturated rings. The van der Waals surface area contributed by atoms with Crippen LogP contribution in [0.1, 0.15) is 86.1 Å². The molecular formula is C31H49NO9. The third kappa shape index (κ3) is 13.9. The Bertz CT molecular complexity index is 978. The molecule has 0 radical (unpaired) electrons. The number of benzene rings is 1. The SMILES string of the molecule is CCCC(C)C(=O)Oc1ccc(C[C@H](NCC(C)OC(=O)OCCC(C)C)C(=O)OC)cc1OC(=O)C(C)CCC. The molecule has 4 atom stereocenters. The third-order valence-corrected chi connectivity index (χ3v) is 6.47. The lowest BCUT2D eigenvalue weighted by molar-refractivity contribution is -0.143. The summed E-state index contributed by atoms with van der Waals surface area (Å²) in [5, 5.41) is 3.07. The molecule has 0 saturated carbocycles. The van der Waals surface area contributed by atoms with E-state index < -0.39 is 36.2 Å². The van der Waals surface area contributed by atoms with Gasteiger partial charge in [0.25, 0.3) is 0 Å². The Labute approximate surface area is 244 Å². The summed E-state index contributed by atoms with van der Waals surface area (Å²) in [7, 11) is 1.28. The first-order valence-electron chi connectivity index (χ1n) is 14.6. The molecule has 1 aromatic rings. The van der Waals surface area contributed by atoms with Crippen molar-refractivity contribution in [1.29, 1.82) is 0 Å². The number of rotatable bonds is 18. The lowest BCUT2D eigenvalue weighted by atomic mass is 10.0. The Kier molecular flexibility index (Phi) is 16.7. The molecule has 10 nitrogen and oxygen atoms in total. The van der Waals surface area contributed by atoms with Gasteiger partial charge in [-0.1, -0.05) is 60.5 Å². The van der Waals surface area contributed by atoms with Crippen LogP contribution in [-0.2, 0) is 35.0 Å². The van der Waals surface area contributed by atoms with Gasteiger partial charge in [0, 0.05) is 6.54 Å². The van der Waals surface area contributed by atoms with Crippen molar-refractivity contribution >= 4 is 24.1 Å². The maximum Gasteiger partial charge on any atom is 0.508 e. The Balaban J connectivity index is 3.04. The van der Waals surface area contributed by atoms with Crippen LogP contribution >= 0.6 is 0 Å². The van der Waals surface area contributed by atoms with E-state index in [2.05, 4.69) is 5.32 Å². The first kappa shape index (κ1) is 35.9. The van der Waals surface area contributed by atoms with Crippen LogP contribution in [0.5, 0.6) is 11.5 Å². The summed E-state index contributed by atoms with van der Waals surface area (Å²) in [5.74, 6) is -1.37. The fourth-order valence-electron chi connectivity index (χ4n) is 3.91. The maximum atomic E-state index is 12.7. The molecule has 0 aliphatic heterocycles. The number of carbonyl (C=O) groups is 4. The molecule has 1 aromatic carbocycles. The summed E-state index contributed by atoms with van der Waals surface area (Å²) >= 11 is 0. The highest BCUT2D eigenvalue weighted by atomic mass is 16.7. The Morgan fingerprint density at radius 2 is 1.39 bits per heavy atom. The fourth-order valence-corrected chi connectivity index (χ4v) is 3.91. The summed E-state index contributed by atoms with van der Waals surface area (Å²) < 4.78 is 26.6. The molecule has 1 N–H and O–H groups in total. The molecule has 0 aliphatic rings. The Hall–Kier alpha value is -3.14. The van der Waals surface area contributed by atoms with Gasteiger partial charge in [-0.2, -0.15) is 0 Å². The van der Waals surface area contributed by atoms with Crippen molar-refractivity contribution in [3.63, 3.8) is 0 Å². The maximum absolute atomic E-state index is 12.7. The molecule has 0 saturated heterocycles. The van der Waals surface area contributed by atoms with E-state index in [-0.39, 0.29) is 42.9 Å². The van der Waals surface area contributed by atoms with Crippen LogP contribution in [0.25, 0.3) is 0 Å². The summed E-state index contributed by atoms with van der Waals surface area (Å²) in [6.45, 7) is 13.7. The highest BCUT2D eigenvalue weighted by molar-refractivity contribution is 5.79. The minimum Gasteiger partial charge on any atom is -0.468 e. The molecule has 10 heteroatoms. The van der Waals surface area contributed by atoms with Gasteiger partial charge in [-0.3, -0.25) is 14.4 Å². The fraction of sp³-hybridized carbons (Fsp3) is 0.677. The van der Waals surface area contributed by atoms with Crippen molar-refractivity contribution < 1.29 is 42.9 Å². The van der Waals surface area contributed by atoms with Crippen molar-refractivity contribution in [3.8, 4) is 11.5 Å². The average Bonchev–Trinajstić information content (AvgIpc) is 2.91. The number of ether oxygens (including phenoxy) is 5. The highest BCUT2D eigenvalue weighted by Gasteiger charge is 2.24. The number of hydrogen-bond donors (Lipinski definition) is 1.